The second-order valence-corrected chi connectivity index (χ2v) is 5.28. The summed E-state index contributed by atoms with van der Waals surface area (Å²) in [5.41, 5.74) is 0. The SMILES string of the molecule is CC(CCO)CNS(=O)(=O)CCCl. The van der Waals surface area contributed by atoms with Crippen molar-refractivity contribution in [3.8, 4) is 0 Å². The van der Waals surface area contributed by atoms with Crippen molar-refractivity contribution in [2.24, 2.45) is 5.92 Å². The first-order chi connectivity index (χ1) is 6.02. The molecule has 0 amide bonds. The monoisotopic (exact) mass is 229 g/mol. The maximum absolute atomic E-state index is 11.1. The summed E-state index contributed by atoms with van der Waals surface area (Å²) in [5.74, 6) is 0.194. The summed E-state index contributed by atoms with van der Waals surface area (Å²) in [6.45, 7) is 2.32. The van der Waals surface area contributed by atoms with E-state index in [9.17, 15) is 8.42 Å². The van der Waals surface area contributed by atoms with Gasteiger partial charge in [-0.3, -0.25) is 0 Å². The Morgan fingerprint density at radius 1 is 1.54 bits per heavy atom. The highest BCUT2D eigenvalue weighted by molar-refractivity contribution is 7.89. The first kappa shape index (κ1) is 13.2. The average molecular weight is 230 g/mol. The van der Waals surface area contributed by atoms with Crippen LogP contribution in [0.1, 0.15) is 13.3 Å². The van der Waals surface area contributed by atoms with Gasteiger partial charge < -0.3 is 5.11 Å². The molecular weight excluding hydrogens is 214 g/mol. The molecule has 0 aromatic heterocycles. The van der Waals surface area contributed by atoms with E-state index in [1.54, 1.807) is 0 Å². The zero-order valence-electron chi connectivity index (χ0n) is 7.66. The van der Waals surface area contributed by atoms with Crippen molar-refractivity contribution in [2.45, 2.75) is 13.3 Å². The number of alkyl halides is 1. The Hall–Kier alpha value is 0.160. The van der Waals surface area contributed by atoms with E-state index < -0.39 is 10.0 Å². The van der Waals surface area contributed by atoms with Crippen molar-refractivity contribution in [1.29, 1.82) is 0 Å². The van der Waals surface area contributed by atoms with Gasteiger partial charge in [-0.1, -0.05) is 6.92 Å². The lowest BCUT2D eigenvalue weighted by Gasteiger charge is -2.10. The Morgan fingerprint density at radius 2 is 2.15 bits per heavy atom. The van der Waals surface area contributed by atoms with Gasteiger partial charge in [-0.05, 0) is 12.3 Å². The molecule has 4 nitrogen and oxygen atoms in total. The fourth-order valence-corrected chi connectivity index (χ4v) is 2.26. The Bertz CT molecular complexity index is 218. The molecule has 1 atom stereocenters. The number of hydrogen-bond donors (Lipinski definition) is 2. The van der Waals surface area contributed by atoms with Gasteiger partial charge in [0.05, 0.1) is 5.75 Å². The van der Waals surface area contributed by atoms with E-state index in [0.29, 0.717) is 13.0 Å². The van der Waals surface area contributed by atoms with Crippen molar-refractivity contribution in [3.05, 3.63) is 0 Å². The summed E-state index contributed by atoms with van der Waals surface area (Å²) >= 11 is 5.30. The van der Waals surface area contributed by atoms with Gasteiger partial charge in [-0.2, -0.15) is 0 Å². The van der Waals surface area contributed by atoms with Crippen LogP contribution >= 0.6 is 11.6 Å². The van der Waals surface area contributed by atoms with Gasteiger partial charge in [-0.25, -0.2) is 13.1 Å². The molecule has 13 heavy (non-hydrogen) atoms. The third kappa shape index (κ3) is 7.25. The topological polar surface area (TPSA) is 66.4 Å². The lowest BCUT2D eigenvalue weighted by molar-refractivity contribution is 0.263. The molecule has 0 aliphatic carbocycles. The normalized spacial score (nSPS) is 14.4. The lowest BCUT2D eigenvalue weighted by Crippen LogP contribution is -2.31. The van der Waals surface area contributed by atoms with Gasteiger partial charge in [0.1, 0.15) is 0 Å². The van der Waals surface area contributed by atoms with Gasteiger partial charge in [-0.15, -0.1) is 11.6 Å². The van der Waals surface area contributed by atoms with E-state index in [0.717, 1.165) is 0 Å². The molecule has 2 N–H and O–H groups in total. The van der Waals surface area contributed by atoms with E-state index in [-0.39, 0.29) is 24.2 Å². The van der Waals surface area contributed by atoms with Crippen LogP contribution in [0.25, 0.3) is 0 Å². The van der Waals surface area contributed by atoms with E-state index in [1.165, 1.54) is 0 Å². The van der Waals surface area contributed by atoms with Crippen LogP contribution in [-0.2, 0) is 10.0 Å². The largest absolute Gasteiger partial charge is 0.396 e. The number of aliphatic hydroxyl groups is 1. The molecule has 6 heteroatoms. The second-order valence-electron chi connectivity index (χ2n) is 2.97. The van der Waals surface area contributed by atoms with Gasteiger partial charge in [0, 0.05) is 19.0 Å². The predicted molar refractivity (Wildman–Crippen MR) is 53.4 cm³/mol. The fourth-order valence-electron chi connectivity index (χ4n) is 0.765. The molecule has 1 unspecified atom stereocenters. The Kier molecular flexibility index (Phi) is 6.67. The number of sulfonamides is 1. The maximum atomic E-state index is 11.1. The van der Waals surface area contributed by atoms with E-state index in [2.05, 4.69) is 4.72 Å². The number of nitrogens with one attached hydrogen (secondary N) is 1. The molecule has 0 aliphatic heterocycles. The molecule has 0 aromatic carbocycles. The van der Waals surface area contributed by atoms with Gasteiger partial charge >= 0.3 is 0 Å². The predicted octanol–water partition coefficient (Wildman–Crippen LogP) is 0.163. The first-order valence-corrected chi connectivity index (χ1v) is 6.34. The van der Waals surface area contributed by atoms with Gasteiger partial charge in [0.2, 0.25) is 10.0 Å². The van der Waals surface area contributed by atoms with Crippen LogP contribution in [0.3, 0.4) is 0 Å². The van der Waals surface area contributed by atoms with E-state index in [4.69, 9.17) is 16.7 Å². The number of hydrogen-bond acceptors (Lipinski definition) is 3. The molecule has 0 rings (SSSR count). The van der Waals surface area contributed by atoms with E-state index >= 15 is 0 Å². The van der Waals surface area contributed by atoms with Crippen LogP contribution in [0.4, 0.5) is 0 Å². The zero-order valence-corrected chi connectivity index (χ0v) is 9.24. The third-order valence-electron chi connectivity index (χ3n) is 1.62. The summed E-state index contributed by atoms with van der Waals surface area (Å²) in [7, 11) is -3.21. The van der Waals surface area contributed by atoms with Crippen LogP contribution < -0.4 is 4.72 Å². The van der Waals surface area contributed by atoms with Gasteiger partial charge in [0.15, 0.2) is 0 Å². The van der Waals surface area contributed by atoms with Gasteiger partial charge in [0.25, 0.3) is 0 Å². The van der Waals surface area contributed by atoms with Crippen LogP contribution in [0.5, 0.6) is 0 Å². The van der Waals surface area contributed by atoms with Crippen LogP contribution in [0.15, 0.2) is 0 Å². The minimum absolute atomic E-state index is 0.0552. The minimum atomic E-state index is -3.21. The third-order valence-corrected chi connectivity index (χ3v) is 3.38. The molecule has 0 aliphatic rings. The molecule has 80 valence electrons. The molecule has 0 fully saturated rings. The molecular formula is C7H16ClNO3S. The molecule has 0 saturated carbocycles. The quantitative estimate of drug-likeness (QED) is 0.612. The summed E-state index contributed by atoms with van der Waals surface area (Å²) in [5, 5.41) is 8.57. The van der Waals surface area contributed by atoms with E-state index in [1.807, 2.05) is 6.92 Å². The van der Waals surface area contributed by atoms with Crippen molar-refractivity contribution >= 4 is 21.6 Å². The van der Waals surface area contributed by atoms with Crippen molar-refractivity contribution in [1.82, 2.24) is 4.72 Å². The highest BCUT2D eigenvalue weighted by Gasteiger charge is 2.10. The molecule has 0 heterocycles. The highest BCUT2D eigenvalue weighted by atomic mass is 35.5. The number of aliphatic hydroxyl groups excluding tert-OH is 1. The smallest absolute Gasteiger partial charge is 0.212 e. The summed E-state index contributed by atoms with van der Waals surface area (Å²) in [6.07, 6.45) is 0.601. The summed E-state index contributed by atoms with van der Waals surface area (Å²) in [4.78, 5) is 0. The van der Waals surface area contributed by atoms with Crippen molar-refractivity contribution < 1.29 is 13.5 Å². The first-order valence-electron chi connectivity index (χ1n) is 4.16. The van der Waals surface area contributed by atoms with Crippen LogP contribution in [0, 0.1) is 5.92 Å². The van der Waals surface area contributed by atoms with Crippen molar-refractivity contribution in [3.63, 3.8) is 0 Å². The highest BCUT2D eigenvalue weighted by Crippen LogP contribution is 1.99. The Labute approximate surface area is 84.3 Å². The maximum Gasteiger partial charge on any atom is 0.212 e. The Morgan fingerprint density at radius 3 is 2.62 bits per heavy atom. The second kappa shape index (κ2) is 6.59. The molecule has 0 spiro atoms. The standard InChI is InChI=1S/C7H16ClNO3S/c1-7(2-4-10)6-9-13(11,12)5-3-8/h7,9-10H,2-6H2,1H3. The Balaban J connectivity index is 3.74. The fraction of sp³-hybridized carbons (Fsp3) is 1.00. The number of rotatable bonds is 7. The molecule has 0 saturated heterocycles. The zero-order chi connectivity index (χ0) is 10.3. The molecule has 0 radical (unpaired) electrons. The number of halogens is 1. The van der Waals surface area contributed by atoms with Crippen molar-refractivity contribution in [2.75, 3.05) is 24.8 Å². The molecule has 0 bridgehead atoms. The average Bonchev–Trinajstić information content (AvgIpc) is 2.02. The minimum Gasteiger partial charge on any atom is -0.396 e. The summed E-state index contributed by atoms with van der Waals surface area (Å²) in [6, 6.07) is 0. The lowest BCUT2D eigenvalue weighted by atomic mass is 10.1. The summed E-state index contributed by atoms with van der Waals surface area (Å²) < 4.78 is 24.6. The van der Waals surface area contributed by atoms with Crippen LogP contribution in [-0.4, -0.2) is 38.3 Å². The molecule has 0 aromatic rings. The van der Waals surface area contributed by atoms with Crippen LogP contribution in [0.2, 0.25) is 0 Å².